The molecule has 1 N–H and O–H groups in total. The van der Waals surface area contributed by atoms with E-state index in [9.17, 15) is 18.0 Å². The molecule has 0 atom stereocenters. The van der Waals surface area contributed by atoms with Crippen molar-refractivity contribution in [1.29, 1.82) is 0 Å². The van der Waals surface area contributed by atoms with E-state index >= 15 is 0 Å². The second-order valence-electron chi connectivity index (χ2n) is 7.55. The number of anilines is 1. The third kappa shape index (κ3) is 5.59. The van der Waals surface area contributed by atoms with Gasteiger partial charge in [0.05, 0.1) is 11.1 Å². The summed E-state index contributed by atoms with van der Waals surface area (Å²) in [4.78, 5) is 29.0. The van der Waals surface area contributed by atoms with Gasteiger partial charge in [0, 0.05) is 25.0 Å². The maximum Gasteiger partial charge on any atom is 0.342 e. The Morgan fingerprint density at radius 2 is 1.79 bits per heavy atom. The number of hydrogen-bond donors (Lipinski definition) is 1. The lowest BCUT2D eigenvalue weighted by molar-refractivity contribution is -0.119. The number of benzene rings is 2. The van der Waals surface area contributed by atoms with Crippen molar-refractivity contribution in [3.63, 3.8) is 0 Å². The molecule has 0 saturated carbocycles. The summed E-state index contributed by atoms with van der Waals surface area (Å²) < 4.78 is 37.7. The standard InChI is InChI=1S/C24H23N3O6S/c28-23(26-18-7-5-9-20(15-18)34(30,31)27-13-3-4-14-27)17-32-24(29)21-10-1-2-11-22(21)33-19-8-6-12-25-16-19/h1-2,5-12,15-16H,3-4,13-14,17H2,(H,26,28). The molecule has 4 rings (SSSR count). The van der Waals surface area contributed by atoms with Crippen LogP contribution in [0, 0.1) is 0 Å². The Kier molecular flexibility index (Phi) is 7.19. The van der Waals surface area contributed by atoms with Crippen molar-refractivity contribution >= 4 is 27.6 Å². The van der Waals surface area contributed by atoms with E-state index in [2.05, 4.69) is 10.3 Å². The van der Waals surface area contributed by atoms with Gasteiger partial charge < -0.3 is 14.8 Å². The fourth-order valence-corrected chi connectivity index (χ4v) is 5.04. The van der Waals surface area contributed by atoms with E-state index in [1.807, 2.05) is 0 Å². The predicted molar refractivity (Wildman–Crippen MR) is 124 cm³/mol. The minimum absolute atomic E-state index is 0.102. The monoisotopic (exact) mass is 481 g/mol. The van der Waals surface area contributed by atoms with Gasteiger partial charge in [0.2, 0.25) is 10.0 Å². The first kappa shape index (κ1) is 23.4. The van der Waals surface area contributed by atoms with Gasteiger partial charge in [-0.2, -0.15) is 4.31 Å². The minimum Gasteiger partial charge on any atom is -0.455 e. The van der Waals surface area contributed by atoms with E-state index in [-0.39, 0.29) is 16.2 Å². The Morgan fingerprint density at radius 3 is 2.56 bits per heavy atom. The number of nitrogens with zero attached hydrogens (tertiary/aromatic N) is 2. The summed E-state index contributed by atoms with van der Waals surface area (Å²) in [6.45, 7) is 0.421. The van der Waals surface area contributed by atoms with Gasteiger partial charge in [-0.15, -0.1) is 0 Å². The zero-order valence-electron chi connectivity index (χ0n) is 18.2. The van der Waals surface area contributed by atoms with Gasteiger partial charge in [-0.25, -0.2) is 13.2 Å². The molecule has 0 bridgehead atoms. The van der Waals surface area contributed by atoms with Crippen molar-refractivity contribution < 1.29 is 27.5 Å². The zero-order chi connectivity index (χ0) is 24.0. The second kappa shape index (κ2) is 10.4. The molecule has 10 heteroatoms. The third-order valence-corrected chi connectivity index (χ3v) is 7.02. The van der Waals surface area contributed by atoms with Crippen molar-refractivity contribution in [2.75, 3.05) is 25.0 Å². The molecule has 0 spiro atoms. The number of carbonyl (C=O) groups is 2. The highest BCUT2D eigenvalue weighted by molar-refractivity contribution is 7.89. The molecule has 2 heterocycles. The molecule has 0 radical (unpaired) electrons. The van der Waals surface area contributed by atoms with E-state index in [0.29, 0.717) is 24.5 Å². The fourth-order valence-electron chi connectivity index (χ4n) is 3.48. The van der Waals surface area contributed by atoms with Crippen LogP contribution in [0.3, 0.4) is 0 Å². The van der Waals surface area contributed by atoms with E-state index in [0.717, 1.165) is 12.8 Å². The summed E-state index contributed by atoms with van der Waals surface area (Å²) in [6.07, 6.45) is 4.77. The molecular weight excluding hydrogens is 458 g/mol. The molecule has 1 fully saturated rings. The quantitative estimate of drug-likeness (QED) is 0.490. The van der Waals surface area contributed by atoms with Crippen LogP contribution >= 0.6 is 0 Å². The molecule has 2 aromatic carbocycles. The number of ether oxygens (including phenoxy) is 2. The first-order valence-electron chi connectivity index (χ1n) is 10.7. The number of nitrogens with one attached hydrogen (secondary N) is 1. The van der Waals surface area contributed by atoms with E-state index in [4.69, 9.17) is 9.47 Å². The normalized spacial score (nSPS) is 13.9. The number of esters is 1. The average molecular weight is 482 g/mol. The molecule has 1 aliphatic heterocycles. The van der Waals surface area contributed by atoms with Crippen molar-refractivity contribution in [1.82, 2.24) is 9.29 Å². The molecule has 1 aromatic heterocycles. The van der Waals surface area contributed by atoms with Crippen LogP contribution in [0.4, 0.5) is 5.69 Å². The van der Waals surface area contributed by atoms with Crippen LogP contribution in [0.2, 0.25) is 0 Å². The number of carbonyl (C=O) groups excluding carboxylic acids is 2. The highest BCUT2D eigenvalue weighted by Gasteiger charge is 2.27. The fraction of sp³-hybridized carbons (Fsp3) is 0.208. The molecule has 1 aliphatic rings. The van der Waals surface area contributed by atoms with Crippen LogP contribution in [0.15, 0.2) is 78.0 Å². The first-order chi connectivity index (χ1) is 16.4. The van der Waals surface area contributed by atoms with Crippen molar-refractivity contribution in [3.05, 3.63) is 78.6 Å². The highest BCUT2D eigenvalue weighted by Crippen LogP contribution is 2.25. The van der Waals surface area contributed by atoms with Crippen molar-refractivity contribution in [3.8, 4) is 11.5 Å². The van der Waals surface area contributed by atoms with Crippen LogP contribution in [0.25, 0.3) is 0 Å². The number of para-hydroxylation sites is 1. The first-order valence-corrected chi connectivity index (χ1v) is 12.1. The van der Waals surface area contributed by atoms with Crippen LogP contribution < -0.4 is 10.1 Å². The summed E-state index contributed by atoms with van der Waals surface area (Å²) in [7, 11) is -3.61. The number of rotatable bonds is 8. The van der Waals surface area contributed by atoms with E-state index in [1.165, 1.54) is 28.7 Å². The molecule has 1 amide bonds. The summed E-state index contributed by atoms with van der Waals surface area (Å²) in [5.74, 6) is -0.625. The number of hydrogen-bond acceptors (Lipinski definition) is 7. The SMILES string of the molecule is O=C(COC(=O)c1ccccc1Oc1cccnc1)Nc1cccc(S(=O)(=O)N2CCCC2)c1. The van der Waals surface area contributed by atoms with Gasteiger partial charge in [-0.3, -0.25) is 9.78 Å². The van der Waals surface area contributed by atoms with Gasteiger partial charge in [0.15, 0.2) is 6.61 Å². The van der Waals surface area contributed by atoms with E-state index in [1.54, 1.807) is 48.7 Å². The summed E-state index contributed by atoms with van der Waals surface area (Å²) in [5, 5.41) is 2.57. The number of pyridine rings is 1. The lowest BCUT2D eigenvalue weighted by Crippen LogP contribution is -2.28. The Morgan fingerprint density at radius 1 is 1.00 bits per heavy atom. The highest BCUT2D eigenvalue weighted by atomic mass is 32.2. The lowest BCUT2D eigenvalue weighted by atomic mass is 10.2. The summed E-state index contributed by atoms with van der Waals surface area (Å²) >= 11 is 0. The zero-order valence-corrected chi connectivity index (χ0v) is 19.0. The van der Waals surface area contributed by atoms with Crippen molar-refractivity contribution in [2.24, 2.45) is 0 Å². The number of sulfonamides is 1. The topological polar surface area (TPSA) is 115 Å². The van der Waals surface area contributed by atoms with Crippen LogP contribution in [-0.4, -0.2) is 49.3 Å². The second-order valence-corrected chi connectivity index (χ2v) is 9.49. The molecular formula is C24H23N3O6S. The Bertz CT molecular complexity index is 1270. The van der Waals surface area contributed by atoms with E-state index < -0.39 is 28.5 Å². The Labute approximate surface area is 197 Å². The lowest BCUT2D eigenvalue weighted by Gasteiger charge is -2.16. The largest absolute Gasteiger partial charge is 0.455 e. The molecule has 9 nitrogen and oxygen atoms in total. The molecule has 176 valence electrons. The maximum absolute atomic E-state index is 12.7. The number of aromatic nitrogens is 1. The molecule has 0 aliphatic carbocycles. The van der Waals surface area contributed by atoms with Crippen molar-refractivity contribution in [2.45, 2.75) is 17.7 Å². The Hall–Kier alpha value is -3.76. The van der Waals surface area contributed by atoms with Crippen LogP contribution in [0.1, 0.15) is 23.2 Å². The van der Waals surface area contributed by atoms with Gasteiger partial charge in [-0.05, 0) is 55.3 Å². The van der Waals surface area contributed by atoms with Gasteiger partial charge in [0.25, 0.3) is 5.91 Å². The van der Waals surface area contributed by atoms with Gasteiger partial charge in [0.1, 0.15) is 17.1 Å². The van der Waals surface area contributed by atoms with Crippen LogP contribution in [-0.2, 0) is 19.6 Å². The van der Waals surface area contributed by atoms with Gasteiger partial charge >= 0.3 is 5.97 Å². The van der Waals surface area contributed by atoms with Gasteiger partial charge in [-0.1, -0.05) is 18.2 Å². The minimum atomic E-state index is -3.61. The smallest absolute Gasteiger partial charge is 0.342 e. The molecule has 0 unspecified atom stereocenters. The Balaban J connectivity index is 1.37. The summed E-state index contributed by atoms with van der Waals surface area (Å²) in [6, 6.07) is 15.9. The average Bonchev–Trinajstić information content (AvgIpc) is 3.40. The third-order valence-electron chi connectivity index (χ3n) is 5.12. The summed E-state index contributed by atoms with van der Waals surface area (Å²) in [5.41, 5.74) is 0.444. The van der Waals surface area contributed by atoms with Crippen LogP contribution in [0.5, 0.6) is 11.5 Å². The predicted octanol–water partition coefficient (Wildman–Crippen LogP) is 3.45. The molecule has 1 saturated heterocycles. The molecule has 3 aromatic rings. The molecule has 34 heavy (non-hydrogen) atoms. The maximum atomic E-state index is 12.7. The number of amides is 1.